The number of anilines is 1. The average Bonchev–Trinajstić information content (AvgIpc) is 2.83. The van der Waals surface area contributed by atoms with E-state index in [1.807, 2.05) is 41.3 Å². The zero-order valence-electron chi connectivity index (χ0n) is 19.8. The quantitative estimate of drug-likeness (QED) is 0.569. The summed E-state index contributed by atoms with van der Waals surface area (Å²) in [5.74, 6) is 1.13. The molecule has 3 rings (SSSR count). The fourth-order valence-corrected chi connectivity index (χ4v) is 4.56. The molecule has 2 aromatic carbocycles. The summed E-state index contributed by atoms with van der Waals surface area (Å²) in [5, 5.41) is 3.08. The molecule has 6 nitrogen and oxygen atoms in total. The zero-order valence-corrected chi connectivity index (χ0v) is 19.8. The molecular formula is C26H37N3O3. The first-order valence-corrected chi connectivity index (χ1v) is 11.6. The molecule has 1 heterocycles. The summed E-state index contributed by atoms with van der Waals surface area (Å²) >= 11 is 0. The largest absolute Gasteiger partial charge is 0.493 e. The first-order valence-electron chi connectivity index (χ1n) is 11.6. The third kappa shape index (κ3) is 5.94. The van der Waals surface area contributed by atoms with E-state index in [0.717, 1.165) is 31.5 Å². The molecule has 0 saturated carbocycles. The summed E-state index contributed by atoms with van der Waals surface area (Å²) in [6.07, 6.45) is 4.37. The van der Waals surface area contributed by atoms with Gasteiger partial charge in [0.05, 0.1) is 19.9 Å². The standard InChI is InChI=1S/C26H37N3O3/c1-5-10-20(2)28-17-15-22(16-18-28)29(19-21-11-7-6-8-12-21)26(30)27-23-13-9-14-24(31-3)25(23)32-4/h6-9,11-14,20,22H,5,10,15-19H2,1-4H3,(H,27,30). The van der Waals surface area contributed by atoms with E-state index in [4.69, 9.17) is 9.47 Å². The summed E-state index contributed by atoms with van der Waals surface area (Å²) in [6, 6.07) is 16.4. The number of benzene rings is 2. The SMILES string of the molecule is CCCC(C)N1CCC(N(Cc2ccccc2)C(=O)Nc2cccc(OC)c2OC)CC1. The first kappa shape index (κ1) is 23.9. The molecule has 32 heavy (non-hydrogen) atoms. The highest BCUT2D eigenvalue weighted by molar-refractivity contribution is 5.92. The van der Waals surface area contributed by atoms with Gasteiger partial charge in [-0.15, -0.1) is 0 Å². The lowest BCUT2D eigenvalue weighted by molar-refractivity contribution is 0.0989. The lowest BCUT2D eigenvalue weighted by Gasteiger charge is -2.40. The molecule has 1 saturated heterocycles. The van der Waals surface area contributed by atoms with Crippen molar-refractivity contribution in [3.63, 3.8) is 0 Å². The van der Waals surface area contributed by atoms with Gasteiger partial charge in [-0.05, 0) is 43.9 Å². The zero-order chi connectivity index (χ0) is 22.9. The van der Waals surface area contributed by atoms with Gasteiger partial charge in [0, 0.05) is 31.7 Å². The Morgan fingerprint density at radius 3 is 2.44 bits per heavy atom. The van der Waals surface area contributed by atoms with Crippen molar-refractivity contribution in [2.24, 2.45) is 0 Å². The number of hydrogen-bond acceptors (Lipinski definition) is 4. The van der Waals surface area contributed by atoms with E-state index in [0.29, 0.717) is 29.8 Å². The van der Waals surface area contributed by atoms with Crippen molar-refractivity contribution < 1.29 is 14.3 Å². The number of nitrogens with zero attached hydrogens (tertiary/aromatic N) is 2. The van der Waals surface area contributed by atoms with Crippen LogP contribution in [0.4, 0.5) is 10.5 Å². The van der Waals surface area contributed by atoms with Crippen LogP contribution < -0.4 is 14.8 Å². The summed E-state index contributed by atoms with van der Waals surface area (Å²) in [4.78, 5) is 18.0. The second kappa shape index (κ2) is 11.8. The second-order valence-corrected chi connectivity index (χ2v) is 8.49. The van der Waals surface area contributed by atoms with Gasteiger partial charge >= 0.3 is 6.03 Å². The molecule has 0 spiro atoms. The Hall–Kier alpha value is -2.73. The number of urea groups is 1. The van der Waals surface area contributed by atoms with Crippen molar-refractivity contribution >= 4 is 11.7 Å². The topological polar surface area (TPSA) is 54.0 Å². The van der Waals surface area contributed by atoms with E-state index in [9.17, 15) is 4.79 Å². The normalized spacial score (nSPS) is 15.8. The number of amides is 2. The van der Waals surface area contributed by atoms with Gasteiger partial charge in [-0.2, -0.15) is 0 Å². The Kier molecular flexibility index (Phi) is 8.80. The highest BCUT2D eigenvalue weighted by Gasteiger charge is 2.30. The van der Waals surface area contributed by atoms with Crippen molar-refractivity contribution in [1.82, 2.24) is 9.80 Å². The number of carbonyl (C=O) groups is 1. The number of piperidine rings is 1. The molecule has 1 fully saturated rings. The maximum atomic E-state index is 13.5. The molecule has 1 aliphatic rings. The number of carbonyl (C=O) groups excluding carboxylic acids is 1. The predicted octanol–water partition coefficient (Wildman–Crippen LogP) is 5.39. The van der Waals surface area contributed by atoms with Crippen molar-refractivity contribution in [2.75, 3.05) is 32.6 Å². The van der Waals surface area contributed by atoms with Gasteiger partial charge in [-0.3, -0.25) is 0 Å². The Balaban J connectivity index is 1.77. The average molecular weight is 440 g/mol. The summed E-state index contributed by atoms with van der Waals surface area (Å²) in [7, 11) is 3.18. The molecule has 0 bridgehead atoms. The summed E-state index contributed by atoms with van der Waals surface area (Å²) in [6.45, 7) is 7.17. The summed E-state index contributed by atoms with van der Waals surface area (Å²) in [5.41, 5.74) is 1.74. The lowest BCUT2D eigenvalue weighted by atomic mass is 10.00. The van der Waals surface area contributed by atoms with Gasteiger partial charge in [0.1, 0.15) is 0 Å². The van der Waals surface area contributed by atoms with Crippen molar-refractivity contribution in [2.45, 2.75) is 58.2 Å². The van der Waals surface area contributed by atoms with Gasteiger partial charge in [-0.25, -0.2) is 4.79 Å². The Morgan fingerprint density at radius 1 is 1.09 bits per heavy atom. The van der Waals surface area contributed by atoms with Crippen LogP contribution in [0.5, 0.6) is 11.5 Å². The van der Waals surface area contributed by atoms with Crippen LogP contribution in [-0.4, -0.2) is 55.2 Å². The Bertz CT molecular complexity index is 851. The molecule has 1 aliphatic heterocycles. The minimum atomic E-state index is -0.111. The van der Waals surface area contributed by atoms with Crippen LogP contribution in [0.2, 0.25) is 0 Å². The third-order valence-electron chi connectivity index (χ3n) is 6.37. The van der Waals surface area contributed by atoms with Gasteiger partial charge < -0.3 is 24.6 Å². The van der Waals surface area contributed by atoms with Crippen molar-refractivity contribution in [3.8, 4) is 11.5 Å². The van der Waals surface area contributed by atoms with Gasteiger partial charge in [0.25, 0.3) is 0 Å². The van der Waals surface area contributed by atoms with Crippen molar-refractivity contribution in [1.29, 1.82) is 0 Å². The maximum absolute atomic E-state index is 13.5. The molecule has 1 N–H and O–H groups in total. The van der Waals surface area contributed by atoms with Crippen molar-refractivity contribution in [3.05, 3.63) is 54.1 Å². The third-order valence-corrected chi connectivity index (χ3v) is 6.37. The number of methoxy groups -OCH3 is 2. The fraction of sp³-hybridized carbons (Fsp3) is 0.500. The second-order valence-electron chi connectivity index (χ2n) is 8.49. The number of hydrogen-bond donors (Lipinski definition) is 1. The van der Waals surface area contributed by atoms with Crippen LogP contribution >= 0.6 is 0 Å². The van der Waals surface area contributed by atoms with Gasteiger partial charge in [-0.1, -0.05) is 49.7 Å². The van der Waals surface area contributed by atoms with Crippen LogP contribution in [0, 0.1) is 0 Å². The Morgan fingerprint density at radius 2 is 1.81 bits per heavy atom. The van der Waals surface area contributed by atoms with E-state index < -0.39 is 0 Å². The Labute approximate surface area is 192 Å². The molecule has 6 heteroatoms. The van der Waals surface area contributed by atoms with Crippen LogP contribution in [0.1, 0.15) is 45.1 Å². The molecule has 1 atom stereocenters. The molecule has 0 aromatic heterocycles. The predicted molar refractivity (Wildman–Crippen MR) is 130 cm³/mol. The van der Waals surface area contributed by atoms with E-state index in [-0.39, 0.29) is 12.1 Å². The van der Waals surface area contributed by atoms with Crippen LogP contribution in [0.3, 0.4) is 0 Å². The lowest BCUT2D eigenvalue weighted by Crippen LogP contribution is -2.50. The molecule has 174 valence electrons. The molecular weight excluding hydrogens is 402 g/mol. The molecule has 2 aromatic rings. The number of ether oxygens (including phenoxy) is 2. The number of nitrogens with one attached hydrogen (secondary N) is 1. The summed E-state index contributed by atoms with van der Waals surface area (Å²) < 4.78 is 10.9. The number of para-hydroxylation sites is 1. The number of likely N-dealkylation sites (tertiary alicyclic amines) is 1. The molecule has 2 amide bonds. The number of rotatable bonds is 9. The fourth-order valence-electron chi connectivity index (χ4n) is 4.56. The van der Waals surface area contributed by atoms with Crippen LogP contribution in [-0.2, 0) is 6.54 Å². The highest BCUT2D eigenvalue weighted by Crippen LogP contribution is 2.35. The maximum Gasteiger partial charge on any atom is 0.322 e. The van der Waals surface area contributed by atoms with Gasteiger partial charge in [0.15, 0.2) is 11.5 Å². The van der Waals surface area contributed by atoms with E-state index in [1.165, 1.54) is 12.8 Å². The first-order chi connectivity index (χ1) is 15.6. The van der Waals surface area contributed by atoms with Crippen LogP contribution in [0.25, 0.3) is 0 Å². The van der Waals surface area contributed by atoms with Gasteiger partial charge in [0.2, 0.25) is 0 Å². The van der Waals surface area contributed by atoms with E-state index in [1.54, 1.807) is 14.2 Å². The minimum absolute atomic E-state index is 0.111. The highest BCUT2D eigenvalue weighted by atomic mass is 16.5. The van der Waals surface area contributed by atoms with E-state index >= 15 is 0 Å². The molecule has 0 aliphatic carbocycles. The van der Waals surface area contributed by atoms with E-state index in [2.05, 4.69) is 36.2 Å². The molecule has 0 radical (unpaired) electrons. The van der Waals surface area contributed by atoms with Crippen LogP contribution in [0.15, 0.2) is 48.5 Å². The molecule has 1 unspecified atom stereocenters. The smallest absolute Gasteiger partial charge is 0.322 e. The minimum Gasteiger partial charge on any atom is -0.493 e. The monoisotopic (exact) mass is 439 g/mol.